The van der Waals surface area contributed by atoms with Crippen LogP contribution < -0.4 is 5.01 Å². The highest BCUT2D eigenvalue weighted by Gasteiger charge is 2.30. The Kier molecular flexibility index (Phi) is 4.21. The highest BCUT2D eigenvalue weighted by Crippen LogP contribution is 2.38. The second-order valence-electron chi connectivity index (χ2n) is 5.61. The summed E-state index contributed by atoms with van der Waals surface area (Å²) in [7, 11) is 0. The van der Waals surface area contributed by atoms with Crippen molar-refractivity contribution in [1.82, 2.24) is 0 Å². The van der Waals surface area contributed by atoms with E-state index >= 15 is 0 Å². The first-order chi connectivity index (χ1) is 11.7. The molecule has 1 atom stereocenters. The fourth-order valence-corrected chi connectivity index (χ4v) is 3.94. The molecule has 4 rings (SSSR count). The summed E-state index contributed by atoms with van der Waals surface area (Å²) in [4.78, 5) is 1.28. The van der Waals surface area contributed by atoms with E-state index in [0.29, 0.717) is 0 Å². The molecule has 1 aromatic heterocycles. The first kappa shape index (κ1) is 15.5. The molecule has 0 saturated carbocycles. The monoisotopic (exact) mass is 400 g/mol. The minimum absolute atomic E-state index is 0.172. The zero-order valence-corrected chi connectivity index (χ0v) is 15.1. The lowest BCUT2D eigenvalue weighted by molar-refractivity contribution is 0.627. The summed E-state index contributed by atoms with van der Waals surface area (Å²) in [6.07, 6.45) is 0.808. The molecule has 0 amide bonds. The van der Waals surface area contributed by atoms with Crippen molar-refractivity contribution in [1.29, 1.82) is 0 Å². The molecule has 5 heteroatoms. The fraction of sp³-hybridized carbons (Fsp3) is 0.105. The molecule has 2 aromatic carbocycles. The summed E-state index contributed by atoms with van der Waals surface area (Å²) >= 11 is 5.21. The van der Waals surface area contributed by atoms with Gasteiger partial charge in [-0.25, -0.2) is 4.39 Å². The van der Waals surface area contributed by atoms with E-state index in [1.54, 1.807) is 23.5 Å². The molecule has 24 heavy (non-hydrogen) atoms. The molecule has 3 aromatic rings. The van der Waals surface area contributed by atoms with E-state index in [4.69, 9.17) is 5.10 Å². The third-order valence-corrected chi connectivity index (χ3v) is 5.55. The van der Waals surface area contributed by atoms with Crippen LogP contribution >= 0.6 is 27.3 Å². The van der Waals surface area contributed by atoms with E-state index in [-0.39, 0.29) is 11.9 Å². The molecule has 0 aliphatic carbocycles. The third kappa shape index (κ3) is 3.01. The van der Waals surface area contributed by atoms with Gasteiger partial charge in [-0.3, -0.25) is 5.01 Å². The Labute approximate surface area is 152 Å². The summed E-state index contributed by atoms with van der Waals surface area (Å²) in [5, 5.41) is 9.00. The summed E-state index contributed by atoms with van der Waals surface area (Å²) in [5.74, 6) is -0.225. The predicted octanol–water partition coefficient (Wildman–Crippen LogP) is 6.01. The van der Waals surface area contributed by atoms with Gasteiger partial charge in [-0.05, 0) is 53.4 Å². The van der Waals surface area contributed by atoms with Crippen LogP contribution in [0.25, 0.3) is 0 Å². The lowest BCUT2D eigenvalue weighted by atomic mass is 10.0. The van der Waals surface area contributed by atoms with Crippen LogP contribution in [0.15, 0.2) is 75.6 Å². The maximum absolute atomic E-state index is 13.2. The van der Waals surface area contributed by atoms with Crippen LogP contribution in [0.2, 0.25) is 0 Å². The van der Waals surface area contributed by atoms with Crippen LogP contribution in [-0.2, 0) is 0 Å². The average molecular weight is 401 g/mol. The molecule has 1 aliphatic heterocycles. The first-order valence-electron chi connectivity index (χ1n) is 7.62. The van der Waals surface area contributed by atoms with Gasteiger partial charge in [0.15, 0.2) is 0 Å². The number of hydrazone groups is 1. The number of rotatable bonds is 3. The molecule has 1 unspecified atom stereocenters. The van der Waals surface area contributed by atoms with Gasteiger partial charge in [-0.15, -0.1) is 11.3 Å². The van der Waals surface area contributed by atoms with E-state index < -0.39 is 0 Å². The van der Waals surface area contributed by atoms with Crippen molar-refractivity contribution in [3.05, 3.63) is 86.8 Å². The summed E-state index contributed by atoms with van der Waals surface area (Å²) < 4.78 is 14.2. The first-order valence-corrected chi connectivity index (χ1v) is 9.29. The standard InChI is InChI=1S/C19H14BrFN2S/c20-14-5-9-16(10-6-14)23-18(19-2-1-11-24-19)12-17(22-23)13-3-7-15(21)8-4-13/h1-11,18H,12H2. The third-order valence-electron chi connectivity index (χ3n) is 4.05. The molecule has 0 radical (unpaired) electrons. The van der Waals surface area contributed by atoms with E-state index in [2.05, 4.69) is 50.6 Å². The Bertz CT molecular complexity index is 857. The topological polar surface area (TPSA) is 15.6 Å². The Morgan fingerprint density at radius 3 is 2.46 bits per heavy atom. The summed E-state index contributed by atoms with van der Waals surface area (Å²) in [5.41, 5.74) is 3.00. The highest BCUT2D eigenvalue weighted by atomic mass is 79.9. The number of benzene rings is 2. The summed E-state index contributed by atoms with van der Waals surface area (Å²) in [6, 6.07) is 19.1. The van der Waals surface area contributed by atoms with Gasteiger partial charge in [0.2, 0.25) is 0 Å². The van der Waals surface area contributed by atoms with Crippen LogP contribution in [-0.4, -0.2) is 5.71 Å². The van der Waals surface area contributed by atoms with Crippen LogP contribution in [0, 0.1) is 5.82 Å². The molecule has 2 nitrogen and oxygen atoms in total. The van der Waals surface area contributed by atoms with Crippen molar-refractivity contribution in [3.63, 3.8) is 0 Å². The number of halogens is 2. The average Bonchev–Trinajstić information content (AvgIpc) is 3.25. The van der Waals surface area contributed by atoms with Gasteiger partial charge in [0.25, 0.3) is 0 Å². The second-order valence-corrected chi connectivity index (χ2v) is 7.50. The molecule has 2 heterocycles. The quantitative estimate of drug-likeness (QED) is 0.525. The van der Waals surface area contributed by atoms with Gasteiger partial charge >= 0.3 is 0 Å². The highest BCUT2D eigenvalue weighted by molar-refractivity contribution is 9.10. The van der Waals surface area contributed by atoms with E-state index in [0.717, 1.165) is 27.9 Å². The molecular formula is C19H14BrFN2S. The van der Waals surface area contributed by atoms with Crippen LogP contribution in [0.4, 0.5) is 10.1 Å². The van der Waals surface area contributed by atoms with Crippen molar-refractivity contribution in [3.8, 4) is 0 Å². The maximum atomic E-state index is 13.2. The minimum Gasteiger partial charge on any atom is -0.257 e. The largest absolute Gasteiger partial charge is 0.257 e. The van der Waals surface area contributed by atoms with Gasteiger partial charge in [0.1, 0.15) is 5.82 Å². The maximum Gasteiger partial charge on any atom is 0.123 e. The van der Waals surface area contributed by atoms with E-state index in [9.17, 15) is 4.39 Å². The van der Waals surface area contributed by atoms with Gasteiger partial charge in [0.05, 0.1) is 17.4 Å². The Balaban J connectivity index is 1.73. The van der Waals surface area contributed by atoms with Crippen molar-refractivity contribution in [2.24, 2.45) is 5.10 Å². The molecule has 1 aliphatic rings. The zero-order valence-electron chi connectivity index (χ0n) is 12.7. The van der Waals surface area contributed by atoms with Gasteiger partial charge in [0, 0.05) is 15.8 Å². The normalized spacial score (nSPS) is 17.2. The lowest BCUT2D eigenvalue weighted by Crippen LogP contribution is -2.17. The van der Waals surface area contributed by atoms with Crippen molar-refractivity contribution in [2.45, 2.75) is 12.5 Å². The number of thiophene rings is 1. The molecular weight excluding hydrogens is 387 g/mol. The van der Waals surface area contributed by atoms with Crippen LogP contribution in [0.1, 0.15) is 22.9 Å². The molecule has 0 saturated heterocycles. The van der Waals surface area contributed by atoms with E-state index in [1.165, 1.54) is 17.0 Å². The molecule has 0 fully saturated rings. The van der Waals surface area contributed by atoms with Crippen molar-refractivity contribution < 1.29 is 4.39 Å². The Hall–Kier alpha value is -1.98. The van der Waals surface area contributed by atoms with Crippen LogP contribution in [0.5, 0.6) is 0 Å². The van der Waals surface area contributed by atoms with Crippen molar-refractivity contribution >= 4 is 38.7 Å². The fourth-order valence-electron chi connectivity index (χ4n) is 2.86. The SMILES string of the molecule is Fc1ccc(C2=NN(c3ccc(Br)cc3)C(c3cccs3)C2)cc1. The molecule has 0 bridgehead atoms. The summed E-state index contributed by atoms with van der Waals surface area (Å²) in [6.45, 7) is 0. The predicted molar refractivity (Wildman–Crippen MR) is 101 cm³/mol. The molecule has 120 valence electrons. The zero-order chi connectivity index (χ0) is 16.5. The Morgan fingerprint density at radius 1 is 1.04 bits per heavy atom. The van der Waals surface area contributed by atoms with Crippen LogP contribution in [0.3, 0.4) is 0 Å². The number of hydrogen-bond acceptors (Lipinski definition) is 3. The van der Waals surface area contributed by atoms with Crippen molar-refractivity contribution in [2.75, 3.05) is 5.01 Å². The molecule has 0 N–H and O–H groups in total. The number of hydrogen-bond donors (Lipinski definition) is 0. The smallest absolute Gasteiger partial charge is 0.123 e. The number of anilines is 1. The van der Waals surface area contributed by atoms with Gasteiger partial charge in [-0.2, -0.15) is 5.10 Å². The molecule has 0 spiro atoms. The Morgan fingerprint density at radius 2 is 1.79 bits per heavy atom. The minimum atomic E-state index is -0.225. The number of nitrogens with zero attached hydrogens (tertiary/aromatic N) is 2. The van der Waals surface area contributed by atoms with Gasteiger partial charge < -0.3 is 0 Å². The van der Waals surface area contributed by atoms with E-state index in [1.807, 2.05) is 12.1 Å². The lowest BCUT2D eigenvalue weighted by Gasteiger charge is -2.22. The van der Waals surface area contributed by atoms with Gasteiger partial charge in [-0.1, -0.05) is 34.1 Å². The second kappa shape index (κ2) is 6.49.